The molecule has 0 unspecified atom stereocenters. The Kier molecular flexibility index (Phi) is 5.34. The SMILES string of the molecule is COc1ccc(NC(=O)c2cc(Nc3ccc(C)c(Cl)c3)ncn2)cc1. The van der Waals surface area contributed by atoms with E-state index in [-0.39, 0.29) is 11.6 Å². The average Bonchev–Trinajstić information content (AvgIpc) is 2.65. The molecule has 0 fully saturated rings. The lowest BCUT2D eigenvalue weighted by Crippen LogP contribution is -2.14. The zero-order valence-corrected chi connectivity index (χ0v) is 15.0. The maximum Gasteiger partial charge on any atom is 0.274 e. The monoisotopic (exact) mass is 368 g/mol. The summed E-state index contributed by atoms with van der Waals surface area (Å²) in [5, 5.41) is 6.55. The van der Waals surface area contributed by atoms with Crippen molar-refractivity contribution in [2.45, 2.75) is 6.92 Å². The topological polar surface area (TPSA) is 76.1 Å². The predicted octanol–water partition coefficient (Wildman–Crippen LogP) is 4.44. The first-order valence-electron chi connectivity index (χ1n) is 7.86. The van der Waals surface area contributed by atoms with E-state index in [4.69, 9.17) is 16.3 Å². The van der Waals surface area contributed by atoms with Gasteiger partial charge in [-0.15, -0.1) is 0 Å². The Morgan fingerprint density at radius 3 is 2.46 bits per heavy atom. The highest BCUT2D eigenvalue weighted by Gasteiger charge is 2.10. The van der Waals surface area contributed by atoms with Gasteiger partial charge in [-0.25, -0.2) is 9.97 Å². The Hall–Kier alpha value is -3.12. The number of carbonyl (C=O) groups excluding carboxylic acids is 1. The number of anilines is 3. The van der Waals surface area contributed by atoms with Gasteiger partial charge in [0.15, 0.2) is 0 Å². The summed E-state index contributed by atoms with van der Waals surface area (Å²) < 4.78 is 5.10. The molecular weight excluding hydrogens is 352 g/mol. The van der Waals surface area contributed by atoms with Gasteiger partial charge in [0.2, 0.25) is 0 Å². The lowest BCUT2D eigenvalue weighted by Gasteiger charge is -2.09. The van der Waals surface area contributed by atoms with Crippen LogP contribution in [0.15, 0.2) is 54.9 Å². The van der Waals surface area contributed by atoms with Crippen molar-refractivity contribution in [1.82, 2.24) is 9.97 Å². The van der Waals surface area contributed by atoms with Crippen molar-refractivity contribution in [1.29, 1.82) is 0 Å². The van der Waals surface area contributed by atoms with Crippen molar-refractivity contribution in [2.75, 3.05) is 17.7 Å². The summed E-state index contributed by atoms with van der Waals surface area (Å²) in [7, 11) is 1.59. The minimum atomic E-state index is -0.331. The lowest BCUT2D eigenvalue weighted by atomic mass is 10.2. The molecule has 1 aromatic heterocycles. The Morgan fingerprint density at radius 2 is 1.77 bits per heavy atom. The predicted molar refractivity (Wildman–Crippen MR) is 102 cm³/mol. The summed E-state index contributed by atoms with van der Waals surface area (Å²) in [6.45, 7) is 1.93. The van der Waals surface area contributed by atoms with Crippen LogP contribution < -0.4 is 15.4 Å². The summed E-state index contributed by atoms with van der Waals surface area (Å²) in [5.41, 5.74) is 2.66. The minimum absolute atomic E-state index is 0.247. The molecular formula is C19H17ClN4O2. The van der Waals surface area contributed by atoms with Gasteiger partial charge in [-0.1, -0.05) is 17.7 Å². The van der Waals surface area contributed by atoms with Gasteiger partial charge in [-0.05, 0) is 48.9 Å². The Bertz CT molecular complexity index is 929. The molecule has 0 atom stereocenters. The van der Waals surface area contributed by atoms with E-state index < -0.39 is 0 Å². The van der Waals surface area contributed by atoms with Crippen LogP contribution in [0.5, 0.6) is 5.75 Å². The molecule has 0 aliphatic heterocycles. The summed E-state index contributed by atoms with van der Waals surface area (Å²) >= 11 is 6.13. The molecule has 1 amide bonds. The van der Waals surface area contributed by atoms with Gasteiger partial charge in [0, 0.05) is 22.5 Å². The molecule has 2 aromatic carbocycles. The third-order valence-corrected chi connectivity index (χ3v) is 4.10. The molecule has 6 nitrogen and oxygen atoms in total. The number of amides is 1. The van der Waals surface area contributed by atoms with E-state index >= 15 is 0 Å². The van der Waals surface area contributed by atoms with Crippen molar-refractivity contribution in [3.63, 3.8) is 0 Å². The van der Waals surface area contributed by atoms with Gasteiger partial charge in [0.25, 0.3) is 5.91 Å². The average molecular weight is 369 g/mol. The number of nitrogens with one attached hydrogen (secondary N) is 2. The van der Waals surface area contributed by atoms with Crippen LogP contribution in [0, 0.1) is 6.92 Å². The van der Waals surface area contributed by atoms with Gasteiger partial charge < -0.3 is 15.4 Å². The number of hydrogen-bond acceptors (Lipinski definition) is 5. The standard InChI is InChI=1S/C19H17ClN4O2/c1-12-3-4-14(9-16(12)20)23-18-10-17(21-11-22-18)19(25)24-13-5-7-15(26-2)8-6-13/h3-11H,1-2H3,(H,24,25)(H,21,22,23). The van der Waals surface area contributed by atoms with Crippen molar-refractivity contribution >= 4 is 34.7 Å². The van der Waals surface area contributed by atoms with E-state index in [1.54, 1.807) is 43.5 Å². The van der Waals surface area contributed by atoms with Crippen molar-refractivity contribution < 1.29 is 9.53 Å². The maximum atomic E-state index is 12.4. The molecule has 0 aliphatic carbocycles. The number of ether oxygens (including phenoxy) is 1. The molecule has 3 aromatic rings. The van der Waals surface area contributed by atoms with E-state index in [9.17, 15) is 4.79 Å². The quantitative estimate of drug-likeness (QED) is 0.696. The van der Waals surface area contributed by atoms with E-state index in [0.717, 1.165) is 11.3 Å². The first-order chi connectivity index (χ1) is 12.5. The first kappa shape index (κ1) is 17.7. The van der Waals surface area contributed by atoms with Crippen molar-refractivity contribution in [2.24, 2.45) is 0 Å². The van der Waals surface area contributed by atoms with Gasteiger partial charge in [0.05, 0.1) is 7.11 Å². The fraction of sp³-hybridized carbons (Fsp3) is 0.105. The van der Waals surface area contributed by atoms with E-state index in [2.05, 4.69) is 20.6 Å². The second-order valence-corrected chi connectivity index (χ2v) is 5.97. The smallest absolute Gasteiger partial charge is 0.274 e. The number of aryl methyl sites for hydroxylation is 1. The number of rotatable bonds is 5. The molecule has 132 valence electrons. The number of halogens is 1. The number of nitrogens with zero attached hydrogens (tertiary/aromatic N) is 2. The normalized spacial score (nSPS) is 10.3. The number of aromatic nitrogens is 2. The minimum Gasteiger partial charge on any atom is -0.497 e. The molecule has 1 heterocycles. The van der Waals surface area contributed by atoms with E-state index in [1.165, 1.54) is 6.33 Å². The summed E-state index contributed by atoms with van der Waals surface area (Å²) in [5.74, 6) is 0.885. The molecule has 0 saturated carbocycles. The lowest BCUT2D eigenvalue weighted by molar-refractivity contribution is 0.102. The largest absolute Gasteiger partial charge is 0.497 e. The van der Waals surface area contributed by atoms with Crippen LogP contribution in [0.1, 0.15) is 16.1 Å². The Labute approximate surface area is 156 Å². The summed E-state index contributed by atoms with van der Waals surface area (Å²) in [6, 6.07) is 14.2. The summed E-state index contributed by atoms with van der Waals surface area (Å²) in [6.07, 6.45) is 1.33. The molecule has 0 bridgehead atoms. The third-order valence-electron chi connectivity index (χ3n) is 3.69. The molecule has 7 heteroatoms. The third kappa shape index (κ3) is 4.29. The van der Waals surface area contributed by atoms with Gasteiger partial charge in [-0.2, -0.15) is 0 Å². The fourth-order valence-electron chi connectivity index (χ4n) is 2.24. The molecule has 2 N–H and O–H groups in total. The Morgan fingerprint density at radius 1 is 1.04 bits per heavy atom. The van der Waals surface area contributed by atoms with Crippen molar-refractivity contribution in [3.8, 4) is 5.75 Å². The molecule has 3 rings (SSSR count). The van der Waals surface area contributed by atoms with Crippen LogP contribution in [0.3, 0.4) is 0 Å². The molecule has 0 saturated heterocycles. The van der Waals surface area contributed by atoms with Crippen LogP contribution in [-0.2, 0) is 0 Å². The van der Waals surface area contributed by atoms with Crippen LogP contribution in [0.2, 0.25) is 5.02 Å². The first-order valence-corrected chi connectivity index (χ1v) is 8.23. The molecule has 0 spiro atoms. The highest BCUT2D eigenvalue weighted by Crippen LogP contribution is 2.22. The van der Waals surface area contributed by atoms with Gasteiger partial charge in [-0.3, -0.25) is 4.79 Å². The second kappa shape index (κ2) is 7.84. The summed E-state index contributed by atoms with van der Waals surface area (Å²) in [4.78, 5) is 20.6. The van der Waals surface area contributed by atoms with Gasteiger partial charge in [0.1, 0.15) is 23.6 Å². The molecule has 26 heavy (non-hydrogen) atoms. The number of methoxy groups -OCH3 is 1. The van der Waals surface area contributed by atoms with Crippen LogP contribution in [-0.4, -0.2) is 23.0 Å². The number of hydrogen-bond donors (Lipinski definition) is 2. The maximum absolute atomic E-state index is 12.4. The number of carbonyl (C=O) groups is 1. The zero-order chi connectivity index (χ0) is 18.5. The fourth-order valence-corrected chi connectivity index (χ4v) is 2.42. The molecule has 0 radical (unpaired) electrons. The zero-order valence-electron chi connectivity index (χ0n) is 14.3. The van der Waals surface area contributed by atoms with E-state index in [1.807, 2.05) is 19.1 Å². The second-order valence-electron chi connectivity index (χ2n) is 5.56. The highest BCUT2D eigenvalue weighted by molar-refractivity contribution is 6.31. The van der Waals surface area contributed by atoms with Crippen molar-refractivity contribution in [3.05, 3.63) is 71.1 Å². The number of benzene rings is 2. The van der Waals surface area contributed by atoms with Crippen LogP contribution >= 0.6 is 11.6 Å². The van der Waals surface area contributed by atoms with Gasteiger partial charge >= 0.3 is 0 Å². The molecule has 0 aliphatic rings. The van der Waals surface area contributed by atoms with Crippen LogP contribution in [0.4, 0.5) is 17.2 Å². The highest BCUT2D eigenvalue weighted by atomic mass is 35.5. The van der Waals surface area contributed by atoms with E-state index in [0.29, 0.717) is 22.3 Å². The Balaban J connectivity index is 1.73. The van der Waals surface area contributed by atoms with Crippen LogP contribution in [0.25, 0.3) is 0 Å².